The van der Waals surface area contributed by atoms with Gasteiger partial charge in [0, 0.05) is 5.69 Å². The Kier molecular flexibility index (Phi) is 4.05. The molecule has 104 valence electrons. The fourth-order valence-corrected chi connectivity index (χ4v) is 1.70. The standard InChI is InChI=1S/C14H16N4O2/c1-2-20-10-5-3-9(4-6-10)18-13-7-11(14(16)19)12(15)8-17-13/h3-8H,2,15H2,1H3,(H2,16,19)(H,17,18). The fraction of sp³-hybridized carbons (Fsp3) is 0.143. The molecule has 6 heteroatoms. The van der Waals surface area contributed by atoms with Crippen LogP contribution >= 0.6 is 0 Å². The first-order chi connectivity index (χ1) is 9.60. The molecule has 0 saturated carbocycles. The molecule has 20 heavy (non-hydrogen) atoms. The van der Waals surface area contributed by atoms with E-state index in [1.54, 1.807) is 0 Å². The van der Waals surface area contributed by atoms with E-state index in [0.29, 0.717) is 12.4 Å². The zero-order chi connectivity index (χ0) is 14.5. The maximum atomic E-state index is 11.2. The molecule has 0 aliphatic carbocycles. The van der Waals surface area contributed by atoms with Gasteiger partial charge >= 0.3 is 0 Å². The van der Waals surface area contributed by atoms with Crippen LogP contribution in [0.25, 0.3) is 0 Å². The minimum absolute atomic E-state index is 0.244. The number of hydrogen-bond acceptors (Lipinski definition) is 5. The molecule has 0 atom stereocenters. The quantitative estimate of drug-likeness (QED) is 0.771. The van der Waals surface area contributed by atoms with Gasteiger partial charge in [-0.1, -0.05) is 0 Å². The maximum Gasteiger partial charge on any atom is 0.250 e. The lowest BCUT2D eigenvalue weighted by Gasteiger charge is -2.09. The van der Waals surface area contributed by atoms with Crippen LogP contribution in [0.15, 0.2) is 36.5 Å². The van der Waals surface area contributed by atoms with E-state index in [2.05, 4.69) is 10.3 Å². The van der Waals surface area contributed by atoms with E-state index in [0.717, 1.165) is 11.4 Å². The number of pyridine rings is 1. The van der Waals surface area contributed by atoms with Crippen molar-refractivity contribution in [3.8, 4) is 5.75 Å². The van der Waals surface area contributed by atoms with Gasteiger partial charge in [0.2, 0.25) is 0 Å². The van der Waals surface area contributed by atoms with Crippen molar-refractivity contribution >= 4 is 23.1 Å². The number of anilines is 3. The highest BCUT2D eigenvalue weighted by Crippen LogP contribution is 2.21. The van der Waals surface area contributed by atoms with Crippen molar-refractivity contribution in [1.29, 1.82) is 0 Å². The monoisotopic (exact) mass is 272 g/mol. The van der Waals surface area contributed by atoms with Crippen LogP contribution < -0.4 is 21.5 Å². The Labute approximate surface area is 116 Å². The van der Waals surface area contributed by atoms with Crippen molar-refractivity contribution in [2.75, 3.05) is 17.7 Å². The number of benzene rings is 1. The summed E-state index contributed by atoms with van der Waals surface area (Å²) in [6, 6.07) is 8.92. The molecule has 2 rings (SSSR count). The first-order valence-electron chi connectivity index (χ1n) is 6.15. The summed E-state index contributed by atoms with van der Waals surface area (Å²) in [5.41, 5.74) is 12.2. The maximum absolute atomic E-state index is 11.2. The van der Waals surface area contributed by atoms with E-state index < -0.39 is 5.91 Å². The number of hydrogen-bond donors (Lipinski definition) is 3. The molecule has 1 aromatic carbocycles. The number of nitrogens with zero attached hydrogens (tertiary/aromatic N) is 1. The van der Waals surface area contributed by atoms with E-state index in [9.17, 15) is 4.79 Å². The van der Waals surface area contributed by atoms with Gasteiger partial charge in [-0.25, -0.2) is 4.98 Å². The van der Waals surface area contributed by atoms with Crippen LogP contribution in [0.2, 0.25) is 0 Å². The van der Waals surface area contributed by atoms with Crippen molar-refractivity contribution in [3.63, 3.8) is 0 Å². The third kappa shape index (κ3) is 3.17. The van der Waals surface area contributed by atoms with Crippen molar-refractivity contribution < 1.29 is 9.53 Å². The molecule has 2 aromatic rings. The number of primary amides is 1. The van der Waals surface area contributed by atoms with E-state index in [1.807, 2.05) is 31.2 Å². The van der Waals surface area contributed by atoms with Gasteiger partial charge in [-0.3, -0.25) is 4.79 Å². The molecule has 0 aliphatic rings. The number of nitrogens with one attached hydrogen (secondary N) is 1. The minimum atomic E-state index is -0.584. The number of amides is 1. The Hall–Kier alpha value is -2.76. The van der Waals surface area contributed by atoms with Crippen molar-refractivity contribution in [1.82, 2.24) is 4.98 Å². The summed E-state index contributed by atoms with van der Waals surface area (Å²) in [5.74, 6) is 0.706. The molecule has 0 unspecified atom stereocenters. The zero-order valence-corrected chi connectivity index (χ0v) is 11.1. The summed E-state index contributed by atoms with van der Waals surface area (Å²) in [7, 11) is 0. The lowest BCUT2D eigenvalue weighted by Crippen LogP contribution is -2.14. The summed E-state index contributed by atoms with van der Waals surface area (Å²) in [6.07, 6.45) is 1.40. The normalized spacial score (nSPS) is 10.1. The van der Waals surface area contributed by atoms with E-state index in [1.165, 1.54) is 12.3 Å². The van der Waals surface area contributed by atoms with Crippen LogP contribution in [0, 0.1) is 0 Å². The van der Waals surface area contributed by atoms with Gasteiger partial charge < -0.3 is 21.5 Å². The first-order valence-corrected chi connectivity index (χ1v) is 6.15. The predicted molar refractivity (Wildman–Crippen MR) is 78.1 cm³/mol. The lowest BCUT2D eigenvalue weighted by atomic mass is 10.2. The molecule has 1 amide bonds. The topological polar surface area (TPSA) is 103 Å². The SMILES string of the molecule is CCOc1ccc(Nc2cc(C(N)=O)c(N)cn2)cc1. The molecule has 0 fully saturated rings. The highest BCUT2D eigenvalue weighted by molar-refractivity contribution is 5.98. The van der Waals surface area contributed by atoms with Gasteiger partial charge in [-0.15, -0.1) is 0 Å². The number of nitrogens with two attached hydrogens (primary N) is 2. The zero-order valence-electron chi connectivity index (χ0n) is 11.1. The van der Waals surface area contributed by atoms with Gasteiger partial charge in [-0.05, 0) is 37.3 Å². The molecule has 0 bridgehead atoms. The second-order valence-corrected chi connectivity index (χ2v) is 4.10. The van der Waals surface area contributed by atoms with Crippen molar-refractivity contribution in [2.45, 2.75) is 6.92 Å². The summed E-state index contributed by atoms with van der Waals surface area (Å²) in [5, 5.41) is 3.07. The third-order valence-corrected chi connectivity index (χ3v) is 2.64. The Morgan fingerprint density at radius 2 is 2.05 bits per heavy atom. The Balaban J connectivity index is 2.17. The number of carbonyl (C=O) groups excluding carboxylic acids is 1. The highest BCUT2D eigenvalue weighted by Gasteiger charge is 2.08. The molecule has 0 aliphatic heterocycles. The molecule has 1 heterocycles. The number of aromatic nitrogens is 1. The summed E-state index contributed by atoms with van der Waals surface area (Å²) >= 11 is 0. The van der Waals surface area contributed by atoms with Gasteiger partial charge in [0.15, 0.2) is 0 Å². The third-order valence-electron chi connectivity index (χ3n) is 2.64. The smallest absolute Gasteiger partial charge is 0.250 e. The predicted octanol–water partition coefficient (Wildman–Crippen LogP) is 1.90. The minimum Gasteiger partial charge on any atom is -0.494 e. The first kappa shape index (κ1) is 13.7. The van der Waals surface area contributed by atoms with Gasteiger partial charge in [0.25, 0.3) is 5.91 Å². The molecule has 1 aromatic heterocycles. The molecular formula is C14H16N4O2. The van der Waals surface area contributed by atoms with Crippen LogP contribution in [-0.4, -0.2) is 17.5 Å². The van der Waals surface area contributed by atoms with Crippen LogP contribution in [0.3, 0.4) is 0 Å². The molecule has 5 N–H and O–H groups in total. The number of rotatable bonds is 5. The summed E-state index contributed by atoms with van der Waals surface area (Å²) in [4.78, 5) is 15.3. The molecular weight excluding hydrogens is 256 g/mol. The van der Waals surface area contributed by atoms with Gasteiger partial charge in [0.1, 0.15) is 11.6 Å². The number of nitrogen functional groups attached to an aromatic ring is 1. The highest BCUT2D eigenvalue weighted by atomic mass is 16.5. The van der Waals surface area contributed by atoms with Gasteiger partial charge in [0.05, 0.1) is 24.1 Å². The van der Waals surface area contributed by atoms with E-state index in [-0.39, 0.29) is 11.3 Å². The number of carbonyl (C=O) groups is 1. The van der Waals surface area contributed by atoms with Gasteiger partial charge in [-0.2, -0.15) is 0 Å². The Morgan fingerprint density at radius 1 is 1.35 bits per heavy atom. The Morgan fingerprint density at radius 3 is 2.65 bits per heavy atom. The van der Waals surface area contributed by atoms with Crippen LogP contribution in [0.5, 0.6) is 5.75 Å². The average Bonchev–Trinajstić information content (AvgIpc) is 2.43. The Bertz CT molecular complexity index is 611. The van der Waals surface area contributed by atoms with Crippen LogP contribution in [0.4, 0.5) is 17.2 Å². The fourth-order valence-electron chi connectivity index (χ4n) is 1.70. The van der Waals surface area contributed by atoms with E-state index >= 15 is 0 Å². The number of ether oxygens (including phenoxy) is 1. The van der Waals surface area contributed by atoms with Crippen molar-refractivity contribution in [3.05, 3.63) is 42.1 Å². The second-order valence-electron chi connectivity index (χ2n) is 4.10. The molecule has 0 saturated heterocycles. The van der Waals surface area contributed by atoms with Crippen LogP contribution in [-0.2, 0) is 0 Å². The second kappa shape index (κ2) is 5.92. The molecule has 0 radical (unpaired) electrons. The summed E-state index contributed by atoms with van der Waals surface area (Å²) in [6.45, 7) is 2.55. The van der Waals surface area contributed by atoms with E-state index in [4.69, 9.17) is 16.2 Å². The largest absolute Gasteiger partial charge is 0.494 e. The average molecular weight is 272 g/mol. The van der Waals surface area contributed by atoms with Crippen LogP contribution in [0.1, 0.15) is 17.3 Å². The lowest BCUT2D eigenvalue weighted by molar-refractivity contribution is 0.100. The molecule has 0 spiro atoms. The molecule has 6 nitrogen and oxygen atoms in total. The van der Waals surface area contributed by atoms with Crippen molar-refractivity contribution in [2.24, 2.45) is 5.73 Å². The summed E-state index contributed by atoms with van der Waals surface area (Å²) < 4.78 is 5.36.